The molecule has 0 aromatic heterocycles. The first-order valence-electron chi connectivity index (χ1n) is 21.3. The van der Waals surface area contributed by atoms with Crippen LogP contribution in [0.3, 0.4) is 0 Å². The van der Waals surface area contributed by atoms with Gasteiger partial charge in [0.1, 0.15) is 42.7 Å². The molecule has 13 nitrogen and oxygen atoms in total. The van der Waals surface area contributed by atoms with Crippen LogP contribution in [0, 0.1) is 45.3 Å². The van der Waals surface area contributed by atoms with Crippen molar-refractivity contribution in [2.45, 2.75) is 205 Å². The van der Waals surface area contributed by atoms with Crippen LogP contribution in [0.25, 0.3) is 0 Å². The van der Waals surface area contributed by atoms with Crippen LogP contribution in [0.4, 0.5) is 0 Å². The summed E-state index contributed by atoms with van der Waals surface area (Å²) in [6.45, 7) is 17.9. The van der Waals surface area contributed by atoms with Gasteiger partial charge in [-0.2, -0.15) is 0 Å². The first-order valence-corrected chi connectivity index (χ1v) is 21.3. The fourth-order valence-electron chi connectivity index (χ4n) is 13.5. The highest BCUT2D eigenvalue weighted by molar-refractivity contribution is 5.22. The predicted molar refractivity (Wildman–Crippen MR) is 206 cm³/mol. The Morgan fingerprint density at radius 1 is 0.821 bits per heavy atom. The van der Waals surface area contributed by atoms with Gasteiger partial charge in [0.2, 0.25) is 0 Å². The molecule has 21 atom stereocenters. The van der Waals surface area contributed by atoms with E-state index in [-0.39, 0.29) is 23.7 Å². The summed E-state index contributed by atoms with van der Waals surface area (Å²) in [4.78, 5) is 0. The number of aliphatic hydroxyl groups excluding tert-OH is 8. The largest absolute Gasteiger partial charge is 0.394 e. The summed E-state index contributed by atoms with van der Waals surface area (Å²) in [5.41, 5.74) is -1.64. The molecule has 0 amide bonds. The van der Waals surface area contributed by atoms with Gasteiger partial charge < -0.3 is 64.9 Å². The molecule has 6 aliphatic rings. The third kappa shape index (κ3) is 7.28. The summed E-state index contributed by atoms with van der Waals surface area (Å²) in [7, 11) is 0. The second-order valence-corrected chi connectivity index (χ2v) is 20.6. The molecule has 0 aromatic rings. The number of fused-ring (bicyclic) bond motifs is 5. The fraction of sp³-hybridized carbons (Fsp3) is 0.953. The van der Waals surface area contributed by atoms with E-state index in [1.807, 2.05) is 20.8 Å². The molecule has 2 aliphatic heterocycles. The lowest BCUT2D eigenvalue weighted by molar-refractivity contribution is -0.382. The van der Waals surface area contributed by atoms with E-state index in [2.05, 4.69) is 40.7 Å². The molecule has 0 bridgehead atoms. The zero-order valence-electron chi connectivity index (χ0n) is 35.1. The maximum atomic E-state index is 12.3. The highest BCUT2D eigenvalue weighted by atomic mass is 16.8. The van der Waals surface area contributed by atoms with Crippen LogP contribution < -0.4 is 0 Å². The molecule has 6 rings (SSSR count). The number of hydrogen-bond donors (Lipinski definition) is 9. The number of hydrogen-bond acceptors (Lipinski definition) is 13. The minimum absolute atomic E-state index is 0.0429. The van der Waals surface area contributed by atoms with E-state index in [9.17, 15) is 46.0 Å². The van der Waals surface area contributed by atoms with Gasteiger partial charge in [0.05, 0.1) is 36.6 Å². The van der Waals surface area contributed by atoms with Crippen molar-refractivity contribution < 1.29 is 64.9 Å². The molecule has 13 heteroatoms. The molecule has 0 spiro atoms. The fourth-order valence-corrected chi connectivity index (χ4v) is 13.5. The molecule has 2 heterocycles. The molecule has 6 fully saturated rings. The first kappa shape index (κ1) is 44.8. The van der Waals surface area contributed by atoms with Crippen LogP contribution in [-0.2, 0) is 18.9 Å². The Morgan fingerprint density at radius 3 is 2.14 bits per heavy atom. The van der Waals surface area contributed by atoms with Gasteiger partial charge in [-0.1, -0.05) is 46.3 Å². The Labute approximate surface area is 333 Å². The molecule has 0 unspecified atom stereocenters. The SMILES string of the molecule is CC(C)=CCCC[C@@](C)(O)[C@H]1CC[C@]2(C)[C@H]1[C@H](O)C[C@@H]1[C@@]3(C)CC[C@H](O)C(C)(C)[C@@H]3[C@@H](O[C@@H]3O[C@H](CO)[C@@H](O)[C@H](O)[C@H]3O[C@@H]3O[C@H](C)[C@@H](O)[C@@H](O)[C@@H]3O)C[C@]12C. The number of ether oxygens (including phenoxy) is 4. The summed E-state index contributed by atoms with van der Waals surface area (Å²) in [5.74, 6) is -0.507. The number of rotatable bonds is 10. The second kappa shape index (κ2) is 15.9. The quantitative estimate of drug-likeness (QED) is 0.0883. The Balaban J connectivity index is 1.37. The molecular weight excluding hydrogens is 724 g/mol. The Hall–Kier alpha value is -0.780. The van der Waals surface area contributed by atoms with E-state index in [1.54, 1.807) is 0 Å². The van der Waals surface area contributed by atoms with E-state index in [0.717, 1.165) is 25.7 Å². The molecule has 324 valence electrons. The van der Waals surface area contributed by atoms with Crippen molar-refractivity contribution in [3.63, 3.8) is 0 Å². The zero-order chi connectivity index (χ0) is 41.5. The van der Waals surface area contributed by atoms with Crippen molar-refractivity contribution in [3.8, 4) is 0 Å². The topological polar surface area (TPSA) is 219 Å². The van der Waals surface area contributed by atoms with Crippen molar-refractivity contribution in [1.82, 2.24) is 0 Å². The maximum Gasteiger partial charge on any atom is 0.187 e. The molecule has 4 saturated carbocycles. The van der Waals surface area contributed by atoms with Crippen molar-refractivity contribution in [1.29, 1.82) is 0 Å². The molecule has 56 heavy (non-hydrogen) atoms. The normalized spacial score (nSPS) is 52.6. The minimum atomic E-state index is -1.70. The monoisotopic (exact) mass is 799 g/mol. The van der Waals surface area contributed by atoms with E-state index < -0.39 is 114 Å². The van der Waals surface area contributed by atoms with Crippen molar-refractivity contribution >= 4 is 0 Å². The smallest absolute Gasteiger partial charge is 0.187 e. The van der Waals surface area contributed by atoms with Gasteiger partial charge in [0.15, 0.2) is 12.6 Å². The zero-order valence-corrected chi connectivity index (χ0v) is 35.1. The average molecular weight is 799 g/mol. The lowest BCUT2D eigenvalue weighted by Crippen LogP contribution is -2.71. The van der Waals surface area contributed by atoms with Crippen molar-refractivity contribution in [2.75, 3.05) is 6.61 Å². The number of unbranched alkanes of at least 4 members (excludes halogenated alkanes) is 1. The Bertz CT molecular complexity index is 1400. The third-order valence-corrected chi connectivity index (χ3v) is 16.7. The Kier molecular flexibility index (Phi) is 12.7. The van der Waals surface area contributed by atoms with E-state index in [0.29, 0.717) is 32.1 Å². The standard InChI is InChI=1S/C43H74O13/c1-21(2)12-10-11-15-43(9,52)23-13-17-41(7)29(23)24(45)18-27-40(6)16-14-28(46)39(4,5)36(40)25(19-42(27,41)8)54-38-35(33(50)31(48)26(20-44)55-38)56-37-34(51)32(49)30(47)22(3)53-37/h12,22-38,44-52H,10-11,13-20H2,1-9H3/t22-,23+,24-,25+,26-,27-,28+,29-,30-,31-,32-,33+,34+,35-,36+,37+,38-,40-,41-,42-,43-/m1/s1. The average Bonchev–Trinajstić information content (AvgIpc) is 3.51. The molecule has 0 radical (unpaired) electrons. The van der Waals surface area contributed by atoms with Gasteiger partial charge in [-0.25, -0.2) is 0 Å². The summed E-state index contributed by atoms with van der Waals surface area (Å²) in [6.07, 6.45) is -7.88. The van der Waals surface area contributed by atoms with E-state index in [4.69, 9.17) is 18.9 Å². The maximum absolute atomic E-state index is 12.3. The van der Waals surface area contributed by atoms with Gasteiger partial charge in [-0.05, 0) is 131 Å². The van der Waals surface area contributed by atoms with Gasteiger partial charge in [0, 0.05) is 0 Å². The van der Waals surface area contributed by atoms with Crippen LogP contribution in [0.15, 0.2) is 11.6 Å². The summed E-state index contributed by atoms with van der Waals surface area (Å²) >= 11 is 0. The predicted octanol–water partition coefficient (Wildman–Crippen LogP) is 2.54. The minimum Gasteiger partial charge on any atom is -0.394 e. The van der Waals surface area contributed by atoms with Gasteiger partial charge in [0.25, 0.3) is 0 Å². The van der Waals surface area contributed by atoms with Crippen molar-refractivity contribution in [3.05, 3.63) is 11.6 Å². The highest BCUT2D eigenvalue weighted by Gasteiger charge is 2.73. The molecule has 0 aromatic carbocycles. The number of allylic oxidation sites excluding steroid dienone is 2. The Morgan fingerprint density at radius 2 is 1.50 bits per heavy atom. The molecule has 2 saturated heterocycles. The van der Waals surface area contributed by atoms with Crippen LogP contribution >= 0.6 is 0 Å². The first-order chi connectivity index (χ1) is 26.0. The van der Waals surface area contributed by atoms with Gasteiger partial charge in [-0.3, -0.25) is 0 Å². The molecular formula is C43H74O13. The molecule has 4 aliphatic carbocycles. The van der Waals surface area contributed by atoms with Crippen LogP contribution in [0.5, 0.6) is 0 Å². The number of aliphatic hydroxyl groups is 9. The molecule has 9 N–H and O–H groups in total. The summed E-state index contributed by atoms with van der Waals surface area (Å²) < 4.78 is 25.2. The summed E-state index contributed by atoms with van der Waals surface area (Å²) in [6, 6.07) is 0. The van der Waals surface area contributed by atoms with Gasteiger partial charge in [-0.15, -0.1) is 0 Å². The highest BCUT2D eigenvalue weighted by Crippen LogP contribution is 2.76. The van der Waals surface area contributed by atoms with E-state index >= 15 is 0 Å². The van der Waals surface area contributed by atoms with Crippen molar-refractivity contribution in [2.24, 2.45) is 45.3 Å². The van der Waals surface area contributed by atoms with Crippen LogP contribution in [0.1, 0.15) is 120 Å². The summed E-state index contributed by atoms with van der Waals surface area (Å²) in [5, 5.41) is 101. The third-order valence-electron chi connectivity index (χ3n) is 16.7. The van der Waals surface area contributed by atoms with E-state index in [1.165, 1.54) is 12.5 Å². The van der Waals surface area contributed by atoms with Crippen LogP contribution in [-0.4, -0.2) is 138 Å². The van der Waals surface area contributed by atoms with Crippen LogP contribution in [0.2, 0.25) is 0 Å². The van der Waals surface area contributed by atoms with Gasteiger partial charge >= 0.3 is 0 Å². The lowest BCUT2D eigenvalue weighted by Gasteiger charge is -2.72. The lowest BCUT2D eigenvalue weighted by atomic mass is 9.34. The second-order valence-electron chi connectivity index (χ2n) is 20.6.